The quantitative estimate of drug-likeness (QED) is 0.425. The van der Waals surface area contributed by atoms with E-state index in [0.29, 0.717) is 0 Å². The minimum atomic E-state index is -0.909. The van der Waals surface area contributed by atoms with Crippen LogP contribution in [0.5, 0.6) is 0 Å². The SMILES string of the molecule is C#Cc1ccc(C#C)c([N+](=O)[O-])c1[N+](=O)[O-]. The van der Waals surface area contributed by atoms with Crippen molar-refractivity contribution in [2.45, 2.75) is 0 Å². The number of nitro groups is 2. The largest absolute Gasteiger partial charge is 0.362 e. The average Bonchev–Trinajstić information content (AvgIpc) is 2.26. The van der Waals surface area contributed by atoms with E-state index in [0.717, 1.165) is 0 Å². The number of benzene rings is 1. The smallest absolute Gasteiger partial charge is 0.258 e. The summed E-state index contributed by atoms with van der Waals surface area (Å²) in [6.45, 7) is 0. The topological polar surface area (TPSA) is 86.3 Å². The van der Waals surface area contributed by atoms with Crippen LogP contribution >= 0.6 is 0 Å². The first-order valence-electron chi connectivity index (χ1n) is 3.92. The van der Waals surface area contributed by atoms with Gasteiger partial charge in [0.25, 0.3) is 0 Å². The van der Waals surface area contributed by atoms with Crippen LogP contribution in [0.1, 0.15) is 11.1 Å². The van der Waals surface area contributed by atoms with Crippen LogP contribution < -0.4 is 0 Å². The van der Waals surface area contributed by atoms with Crippen LogP contribution in [0, 0.1) is 44.9 Å². The molecule has 78 valence electrons. The van der Waals surface area contributed by atoms with Gasteiger partial charge in [-0.3, -0.25) is 20.2 Å². The predicted octanol–water partition coefficient (Wildman–Crippen LogP) is 1.47. The first-order chi connectivity index (χ1) is 7.52. The fraction of sp³-hybridized carbons (Fsp3) is 0. The monoisotopic (exact) mass is 216 g/mol. The Morgan fingerprint density at radius 3 is 1.44 bits per heavy atom. The molecule has 0 spiro atoms. The lowest BCUT2D eigenvalue weighted by Gasteiger charge is -1.99. The average molecular weight is 216 g/mol. The van der Waals surface area contributed by atoms with Crippen LogP contribution in [-0.2, 0) is 0 Å². The van der Waals surface area contributed by atoms with Gasteiger partial charge in [-0.25, -0.2) is 0 Å². The molecule has 0 fully saturated rings. The molecule has 6 heteroatoms. The molecular weight excluding hydrogens is 212 g/mol. The second kappa shape index (κ2) is 4.11. The lowest BCUT2D eigenvalue weighted by atomic mass is 10.1. The summed E-state index contributed by atoms with van der Waals surface area (Å²) < 4.78 is 0. The van der Waals surface area contributed by atoms with Crippen molar-refractivity contribution in [3.63, 3.8) is 0 Å². The fourth-order valence-electron chi connectivity index (χ4n) is 1.18. The highest BCUT2D eigenvalue weighted by atomic mass is 16.6. The number of terminal acetylenes is 2. The van der Waals surface area contributed by atoms with Crippen molar-refractivity contribution in [3.05, 3.63) is 43.5 Å². The van der Waals surface area contributed by atoms with Crippen molar-refractivity contribution >= 4 is 11.4 Å². The fourth-order valence-corrected chi connectivity index (χ4v) is 1.18. The van der Waals surface area contributed by atoms with Crippen molar-refractivity contribution in [2.75, 3.05) is 0 Å². The molecule has 16 heavy (non-hydrogen) atoms. The third kappa shape index (κ3) is 1.68. The minimum Gasteiger partial charge on any atom is -0.258 e. The van der Waals surface area contributed by atoms with Crippen LogP contribution in [-0.4, -0.2) is 9.85 Å². The summed E-state index contributed by atoms with van der Waals surface area (Å²) in [5.74, 6) is 4.02. The molecule has 0 aromatic heterocycles. The third-order valence-corrected chi connectivity index (χ3v) is 1.83. The number of rotatable bonds is 2. The predicted molar refractivity (Wildman–Crippen MR) is 55.6 cm³/mol. The van der Waals surface area contributed by atoms with Gasteiger partial charge >= 0.3 is 11.4 Å². The van der Waals surface area contributed by atoms with Crippen molar-refractivity contribution < 1.29 is 9.85 Å². The molecule has 1 rings (SSSR count). The lowest BCUT2D eigenvalue weighted by Crippen LogP contribution is -2.01. The number of nitro benzene ring substituents is 2. The van der Waals surface area contributed by atoms with Crippen LogP contribution in [0.3, 0.4) is 0 Å². The van der Waals surface area contributed by atoms with E-state index in [9.17, 15) is 20.2 Å². The van der Waals surface area contributed by atoms with E-state index in [1.54, 1.807) is 0 Å². The zero-order valence-corrected chi connectivity index (χ0v) is 7.84. The Labute approximate surface area is 90.2 Å². The highest BCUT2D eigenvalue weighted by Gasteiger charge is 2.31. The summed E-state index contributed by atoms with van der Waals surface area (Å²) in [4.78, 5) is 19.6. The molecule has 0 heterocycles. The molecule has 0 N–H and O–H groups in total. The van der Waals surface area contributed by atoms with Gasteiger partial charge in [-0.1, -0.05) is 11.8 Å². The van der Waals surface area contributed by atoms with Gasteiger partial charge in [-0.05, 0) is 12.1 Å². The van der Waals surface area contributed by atoms with E-state index < -0.39 is 21.2 Å². The summed E-state index contributed by atoms with van der Waals surface area (Å²) >= 11 is 0. The molecular formula is C10H4N2O4. The molecule has 0 saturated carbocycles. The van der Waals surface area contributed by atoms with Crippen molar-refractivity contribution in [1.29, 1.82) is 0 Å². The Balaban J connectivity index is 3.77. The Morgan fingerprint density at radius 2 is 1.25 bits per heavy atom. The Kier molecular flexibility index (Phi) is 2.88. The zero-order valence-electron chi connectivity index (χ0n) is 7.84. The second-order valence-corrected chi connectivity index (χ2v) is 2.66. The molecule has 0 aliphatic rings. The Morgan fingerprint density at radius 1 is 0.938 bits per heavy atom. The summed E-state index contributed by atoms with van der Waals surface area (Å²) in [7, 11) is 0. The molecule has 1 aromatic rings. The number of nitrogens with zero attached hydrogens (tertiary/aromatic N) is 2. The molecule has 0 bridgehead atoms. The van der Waals surface area contributed by atoms with E-state index >= 15 is 0 Å². The highest BCUT2D eigenvalue weighted by Crippen LogP contribution is 2.33. The van der Waals surface area contributed by atoms with Crippen LogP contribution in [0.2, 0.25) is 0 Å². The molecule has 0 atom stereocenters. The van der Waals surface area contributed by atoms with Crippen LogP contribution in [0.4, 0.5) is 11.4 Å². The molecule has 0 aliphatic heterocycles. The Bertz CT molecular complexity index is 512. The standard InChI is InChI=1S/C10H4N2O4/c1-3-7-5-6-8(4-2)10(12(15)16)9(7)11(13)14/h1-2,5-6H. The van der Waals surface area contributed by atoms with Gasteiger partial charge in [0.15, 0.2) is 0 Å². The maximum Gasteiger partial charge on any atom is 0.362 e. The van der Waals surface area contributed by atoms with Crippen LogP contribution in [0.25, 0.3) is 0 Å². The molecule has 0 unspecified atom stereocenters. The van der Waals surface area contributed by atoms with Gasteiger partial charge in [0.1, 0.15) is 11.1 Å². The van der Waals surface area contributed by atoms with Gasteiger partial charge in [0.05, 0.1) is 9.85 Å². The van der Waals surface area contributed by atoms with Gasteiger partial charge < -0.3 is 0 Å². The maximum atomic E-state index is 10.7. The summed E-state index contributed by atoms with van der Waals surface area (Å²) in [5.41, 5.74) is -1.84. The Hall–Kier alpha value is -2.86. The van der Waals surface area contributed by atoms with Gasteiger partial charge in [0, 0.05) is 0 Å². The normalized spacial score (nSPS) is 8.88. The van der Waals surface area contributed by atoms with Gasteiger partial charge in [0.2, 0.25) is 0 Å². The van der Waals surface area contributed by atoms with E-state index in [4.69, 9.17) is 12.8 Å². The van der Waals surface area contributed by atoms with E-state index in [2.05, 4.69) is 0 Å². The maximum absolute atomic E-state index is 10.7. The van der Waals surface area contributed by atoms with E-state index in [1.165, 1.54) is 12.1 Å². The number of hydrogen-bond donors (Lipinski definition) is 0. The molecule has 0 radical (unpaired) electrons. The highest BCUT2D eigenvalue weighted by molar-refractivity contribution is 5.69. The minimum absolute atomic E-state index is 0.171. The van der Waals surface area contributed by atoms with Gasteiger partial charge in [-0.2, -0.15) is 0 Å². The summed E-state index contributed by atoms with van der Waals surface area (Å²) in [6.07, 6.45) is 10.0. The zero-order chi connectivity index (χ0) is 12.3. The molecule has 6 nitrogen and oxygen atoms in total. The molecule has 1 aromatic carbocycles. The van der Waals surface area contributed by atoms with Crippen molar-refractivity contribution in [3.8, 4) is 24.7 Å². The van der Waals surface area contributed by atoms with Crippen molar-refractivity contribution in [2.24, 2.45) is 0 Å². The summed E-state index contributed by atoms with van der Waals surface area (Å²) in [5, 5.41) is 21.4. The first kappa shape index (κ1) is 11.2. The van der Waals surface area contributed by atoms with E-state index in [-0.39, 0.29) is 11.1 Å². The third-order valence-electron chi connectivity index (χ3n) is 1.83. The lowest BCUT2D eigenvalue weighted by molar-refractivity contribution is -0.422. The second-order valence-electron chi connectivity index (χ2n) is 2.66. The van der Waals surface area contributed by atoms with Gasteiger partial charge in [-0.15, -0.1) is 12.8 Å². The first-order valence-corrected chi connectivity index (χ1v) is 3.92. The van der Waals surface area contributed by atoms with E-state index in [1.807, 2.05) is 11.8 Å². The molecule has 0 saturated heterocycles. The van der Waals surface area contributed by atoms with Crippen LogP contribution in [0.15, 0.2) is 12.1 Å². The van der Waals surface area contributed by atoms with Crippen molar-refractivity contribution in [1.82, 2.24) is 0 Å². The summed E-state index contributed by atoms with van der Waals surface area (Å²) in [6, 6.07) is 2.42. The number of hydrogen-bond acceptors (Lipinski definition) is 4. The molecule has 0 amide bonds. The molecule has 0 aliphatic carbocycles.